The van der Waals surface area contributed by atoms with Gasteiger partial charge in [0.2, 0.25) is 11.8 Å². The van der Waals surface area contributed by atoms with E-state index >= 15 is 4.79 Å². The van der Waals surface area contributed by atoms with Crippen molar-refractivity contribution in [2.24, 2.45) is 23.7 Å². The average molecular weight is 838 g/mol. The number of anilines is 1. The van der Waals surface area contributed by atoms with E-state index in [0.29, 0.717) is 25.4 Å². The van der Waals surface area contributed by atoms with Crippen LogP contribution in [0.15, 0.2) is 89.8 Å². The largest absolute Gasteiger partial charge is 0.504 e. The standard InChI is InChI=1S/C38H30ClFIN3O6S/c1-50-30-16-19(15-29(41)33(30)45)32-25-12-13-26-31(36(48)43(34(26)46)18-24-3-2-14-51-24)27(25)17-28-35(47)44(42-23-10-8-22(40)9-11-23)37(49)38(28,32)20-4-6-21(39)7-5-20/h2-12,14-16,26-28,31-32,42,45H,13,17-18H2,1H3. The smallest absolute Gasteiger partial charge is 0.260 e. The van der Waals surface area contributed by atoms with E-state index in [1.165, 1.54) is 47.6 Å². The van der Waals surface area contributed by atoms with Gasteiger partial charge in [0, 0.05) is 15.8 Å². The maximum Gasteiger partial charge on any atom is 0.260 e. The van der Waals surface area contributed by atoms with E-state index < -0.39 is 52.6 Å². The Morgan fingerprint density at radius 3 is 2.45 bits per heavy atom. The number of ether oxygens (including phenoxy) is 1. The molecular formula is C38H30ClFIN3O6S. The van der Waals surface area contributed by atoms with E-state index in [4.69, 9.17) is 16.3 Å². The molecule has 2 aliphatic carbocycles. The fourth-order valence-corrected chi connectivity index (χ4v) is 10.2. The average Bonchev–Trinajstić information content (AvgIpc) is 3.79. The van der Waals surface area contributed by atoms with Crippen LogP contribution in [0.25, 0.3) is 0 Å². The minimum atomic E-state index is -1.54. The highest BCUT2D eigenvalue weighted by Crippen LogP contribution is 2.64. The first-order chi connectivity index (χ1) is 24.5. The molecule has 13 heteroatoms. The number of likely N-dealkylation sites (tertiary alicyclic amines) is 1. The Hall–Kier alpha value is -4.27. The summed E-state index contributed by atoms with van der Waals surface area (Å²) in [6.45, 7) is 0.173. The van der Waals surface area contributed by atoms with Crippen molar-refractivity contribution in [3.63, 3.8) is 0 Å². The van der Waals surface area contributed by atoms with Crippen molar-refractivity contribution in [2.75, 3.05) is 12.5 Å². The van der Waals surface area contributed by atoms with E-state index in [1.54, 1.807) is 36.4 Å². The fourth-order valence-electron chi connectivity index (χ4n) is 8.73. The molecule has 2 N–H and O–H groups in total. The van der Waals surface area contributed by atoms with Crippen molar-refractivity contribution >= 4 is 74.8 Å². The fraction of sp³-hybridized carbons (Fsp3) is 0.263. The molecule has 2 saturated heterocycles. The van der Waals surface area contributed by atoms with Crippen molar-refractivity contribution in [1.82, 2.24) is 9.91 Å². The third-order valence-corrected chi connectivity index (χ3v) is 12.8. The van der Waals surface area contributed by atoms with E-state index in [9.17, 15) is 23.9 Å². The lowest BCUT2D eigenvalue weighted by molar-refractivity contribution is -0.141. The van der Waals surface area contributed by atoms with Gasteiger partial charge in [-0.1, -0.05) is 41.4 Å². The van der Waals surface area contributed by atoms with Gasteiger partial charge in [-0.25, -0.2) is 4.39 Å². The first kappa shape index (κ1) is 33.9. The highest BCUT2D eigenvalue weighted by Gasteiger charge is 2.70. The number of hydrazine groups is 1. The topological polar surface area (TPSA) is 116 Å². The number of phenols is 1. The number of allylic oxidation sites excluding steroid dienone is 2. The second kappa shape index (κ2) is 12.7. The number of nitrogens with one attached hydrogen (secondary N) is 1. The number of phenolic OH excluding ortho intramolecular Hbond substituents is 1. The molecular weight excluding hydrogens is 808 g/mol. The van der Waals surface area contributed by atoms with Gasteiger partial charge >= 0.3 is 0 Å². The molecule has 4 aromatic rings. The van der Waals surface area contributed by atoms with Gasteiger partial charge in [0.15, 0.2) is 11.5 Å². The number of benzene rings is 3. The van der Waals surface area contributed by atoms with Crippen LogP contribution in [0.4, 0.5) is 10.1 Å². The van der Waals surface area contributed by atoms with E-state index in [2.05, 4.69) is 5.43 Å². The Kier molecular flexibility index (Phi) is 8.46. The molecule has 260 valence electrons. The maximum absolute atomic E-state index is 15.3. The van der Waals surface area contributed by atoms with Gasteiger partial charge in [-0.15, -0.1) is 11.3 Å². The number of hydrogen-bond donors (Lipinski definition) is 2. The number of halogens is 3. The van der Waals surface area contributed by atoms with E-state index in [0.717, 1.165) is 15.5 Å². The zero-order valence-electron chi connectivity index (χ0n) is 27.0. The van der Waals surface area contributed by atoms with Crippen LogP contribution in [-0.2, 0) is 31.1 Å². The monoisotopic (exact) mass is 837 g/mol. The normalized spacial score (nSPS) is 26.9. The predicted octanol–water partition coefficient (Wildman–Crippen LogP) is 7.04. The molecule has 6 unspecified atom stereocenters. The van der Waals surface area contributed by atoms with Gasteiger partial charge in [0.25, 0.3) is 11.8 Å². The summed E-state index contributed by atoms with van der Waals surface area (Å²) in [6.07, 6.45) is 2.38. The first-order valence-corrected chi connectivity index (χ1v) is 18.7. The molecule has 6 atom stereocenters. The van der Waals surface area contributed by atoms with Crippen LogP contribution < -0.4 is 10.2 Å². The Labute approximate surface area is 315 Å². The third kappa shape index (κ3) is 5.20. The minimum absolute atomic E-state index is 0.0711. The highest BCUT2D eigenvalue weighted by molar-refractivity contribution is 14.1. The molecule has 0 radical (unpaired) electrons. The van der Waals surface area contributed by atoms with Crippen LogP contribution in [0, 0.1) is 33.1 Å². The van der Waals surface area contributed by atoms with Crippen molar-refractivity contribution in [3.8, 4) is 11.5 Å². The summed E-state index contributed by atoms with van der Waals surface area (Å²) in [4.78, 5) is 60.5. The number of amides is 4. The van der Waals surface area contributed by atoms with Crippen LogP contribution in [0.1, 0.15) is 34.8 Å². The molecule has 4 amide bonds. The molecule has 9 nitrogen and oxygen atoms in total. The van der Waals surface area contributed by atoms with Crippen LogP contribution >= 0.6 is 45.5 Å². The molecule has 3 fully saturated rings. The van der Waals surface area contributed by atoms with Gasteiger partial charge in [0.05, 0.1) is 46.1 Å². The van der Waals surface area contributed by atoms with Crippen molar-refractivity contribution < 1.29 is 33.4 Å². The predicted molar refractivity (Wildman–Crippen MR) is 196 cm³/mol. The number of aromatic hydroxyl groups is 1. The summed E-state index contributed by atoms with van der Waals surface area (Å²) in [6, 6.07) is 19.4. The van der Waals surface area contributed by atoms with Crippen LogP contribution in [0.5, 0.6) is 11.5 Å². The summed E-state index contributed by atoms with van der Waals surface area (Å²) >= 11 is 9.84. The zero-order valence-corrected chi connectivity index (χ0v) is 30.7. The first-order valence-electron chi connectivity index (χ1n) is 16.3. The molecule has 3 aromatic carbocycles. The van der Waals surface area contributed by atoms with Gasteiger partial charge in [-0.3, -0.25) is 29.5 Å². The SMILES string of the molecule is COc1cc(C2C3=CCC4C(=O)N(Cc5cccs5)C(=O)C4C3CC3C(=O)N(Nc4ccc(F)cc4)C(=O)C32c2ccc(Cl)cc2)cc(I)c1O. The summed E-state index contributed by atoms with van der Waals surface area (Å²) in [7, 11) is 1.43. The number of hydrogen-bond acceptors (Lipinski definition) is 8. The quantitative estimate of drug-likeness (QED) is 0.117. The lowest BCUT2D eigenvalue weighted by Gasteiger charge is -2.50. The molecule has 4 aliphatic rings. The van der Waals surface area contributed by atoms with Crippen LogP contribution in [0.2, 0.25) is 5.02 Å². The lowest BCUT2D eigenvalue weighted by atomic mass is 9.49. The Morgan fingerprint density at radius 1 is 1.02 bits per heavy atom. The molecule has 51 heavy (non-hydrogen) atoms. The molecule has 1 saturated carbocycles. The minimum Gasteiger partial charge on any atom is -0.504 e. The summed E-state index contributed by atoms with van der Waals surface area (Å²) in [5.41, 5.74) is 3.65. The number of thiophene rings is 1. The highest BCUT2D eigenvalue weighted by atomic mass is 127. The number of carbonyl (C=O) groups is 4. The molecule has 0 spiro atoms. The Bertz CT molecular complexity index is 2130. The summed E-state index contributed by atoms with van der Waals surface area (Å²) < 4.78 is 19.9. The van der Waals surface area contributed by atoms with Gasteiger partial charge in [-0.2, -0.15) is 5.01 Å². The number of rotatable bonds is 7. The number of methoxy groups -OCH3 is 1. The van der Waals surface area contributed by atoms with Crippen LogP contribution in [0.3, 0.4) is 0 Å². The van der Waals surface area contributed by atoms with E-state index in [1.807, 2.05) is 46.2 Å². The molecule has 0 bridgehead atoms. The Morgan fingerprint density at radius 2 is 1.76 bits per heavy atom. The Balaban J connectivity index is 1.33. The molecule has 1 aromatic heterocycles. The number of fused-ring (bicyclic) bond motifs is 4. The second-order valence-electron chi connectivity index (χ2n) is 13.3. The van der Waals surface area contributed by atoms with Gasteiger partial charge < -0.3 is 9.84 Å². The number of nitrogens with zero attached hydrogens (tertiary/aromatic N) is 2. The molecule has 3 heterocycles. The number of imide groups is 2. The zero-order chi connectivity index (χ0) is 35.8. The van der Waals surface area contributed by atoms with Crippen LogP contribution in [-0.4, -0.2) is 45.8 Å². The third-order valence-electron chi connectivity index (χ3n) is 10.8. The van der Waals surface area contributed by atoms with Crippen molar-refractivity contribution in [3.05, 3.63) is 120 Å². The van der Waals surface area contributed by atoms with E-state index in [-0.39, 0.29) is 42.7 Å². The van der Waals surface area contributed by atoms with Crippen molar-refractivity contribution in [1.29, 1.82) is 0 Å². The maximum atomic E-state index is 15.3. The summed E-state index contributed by atoms with van der Waals surface area (Å²) in [5.74, 6) is -5.65. The van der Waals surface area contributed by atoms with Gasteiger partial charge in [-0.05, 0) is 112 Å². The number of carbonyl (C=O) groups excluding carboxylic acids is 4. The summed E-state index contributed by atoms with van der Waals surface area (Å²) in [5, 5.41) is 14.2. The lowest BCUT2D eigenvalue weighted by Crippen LogP contribution is -2.53. The molecule has 8 rings (SSSR count). The second-order valence-corrected chi connectivity index (χ2v) is 15.9. The van der Waals surface area contributed by atoms with Crippen molar-refractivity contribution in [2.45, 2.75) is 30.7 Å². The molecule has 2 aliphatic heterocycles. The van der Waals surface area contributed by atoms with Gasteiger partial charge in [0.1, 0.15) is 5.82 Å².